The highest BCUT2D eigenvalue weighted by molar-refractivity contribution is 5.84. The molecule has 1 aromatic rings. The summed E-state index contributed by atoms with van der Waals surface area (Å²) in [6, 6.07) is 0. The van der Waals surface area contributed by atoms with E-state index in [9.17, 15) is 9.59 Å². The summed E-state index contributed by atoms with van der Waals surface area (Å²) >= 11 is 0. The number of carbonyl (C=O) groups is 2. The molecule has 0 aromatic carbocycles. The van der Waals surface area contributed by atoms with Crippen LogP contribution in [0.25, 0.3) is 0 Å². The first-order valence-corrected chi connectivity index (χ1v) is 6.54. The van der Waals surface area contributed by atoms with E-state index in [0.717, 1.165) is 25.9 Å². The molecule has 0 radical (unpaired) electrons. The molecule has 1 saturated heterocycles. The Morgan fingerprint density at radius 1 is 1.05 bits per heavy atom. The van der Waals surface area contributed by atoms with Gasteiger partial charge in [-0.05, 0) is 12.8 Å². The minimum absolute atomic E-state index is 0.0147. The van der Waals surface area contributed by atoms with E-state index in [1.54, 1.807) is 0 Å². The molecule has 0 unspecified atom stereocenters. The van der Waals surface area contributed by atoms with Gasteiger partial charge in [-0.15, -0.1) is 0 Å². The summed E-state index contributed by atoms with van der Waals surface area (Å²) in [5.74, 6) is -0.701. The van der Waals surface area contributed by atoms with Crippen molar-refractivity contribution in [2.24, 2.45) is 11.5 Å². The van der Waals surface area contributed by atoms with Gasteiger partial charge in [0.25, 0.3) is 0 Å². The van der Waals surface area contributed by atoms with Gasteiger partial charge in [-0.2, -0.15) is 15.0 Å². The molecule has 1 aromatic heterocycles. The van der Waals surface area contributed by atoms with E-state index in [4.69, 9.17) is 17.2 Å². The van der Waals surface area contributed by atoms with Gasteiger partial charge in [0.05, 0.1) is 0 Å². The molecule has 0 aliphatic carbocycles. The Kier molecular flexibility index (Phi) is 4.36. The first-order chi connectivity index (χ1) is 9.95. The lowest BCUT2D eigenvalue weighted by molar-refractivity contribution is -0.117. The average molecular weight is 294 g/mol. The van der Waals surface area contributed by atoms with Crippen LogP contribution < -0.4 is 27.0 Å². The van der Waals surface area contributed by atoms with Crippen LogP contribution >= 0.6 is 0 Å². The molecule has 1 aliphatic heterocycles. The lowest BCUT2D eigenvalue weighted by Crippen LogP contribution is -2.41. The Morgan fingerprint density at radius 2 is 1.62 bits per heavy atom. The molecule has 2 rings (SSSR count). The maximum Gasteiger partial charge on any atom is 0.237 e. The van der Waals surface area contributed by atoms with Gasteiger partial charge in [0, 0.05) is 13.1 Å². The molecule has 1 fully saturated rings. The Morgan fingerprint density at radius 3 is 2.14 bits per heavy atom. The maximum atomic E-state index is 11.1. The maximum absolute atomic E-state index is 11.1. The van der Waals surface area contributed by atoms with Crippen molar-refractivity contribution in [1.29, 1.82) is 0 Å². The monoisotopic (exact) mass is 294 g/mol. The highest BCUT2D eigenvalue weighted by Gasteiger charge is 2.20. The second kappa shape index (κ2) is 6.20. The van der Waals surface area contributed by atoms with Gasteiger partial charge in [-0.1, -0.05) is 0 Å². The number of carbonyl (C=O) groups excluding carboxylic acids is 2. The van der Waals surface area contributed by atoms with Gasteiger partial charge in [-0.25, -0.2) is 0 Å². The van der Waals surface area contributed by atoms with E-state index >= 15 is 0 Å². The van der Waals surface area contributed by atoms with Crippen molar-refractivity contribution in [3.63, 3.8) is 0 Å². The Labute approximate surface area is 121 Å². The molecular weight excluding hydrogens is 276 g/mol. The number of nitrogens with zero attached hydrogens (tertiary/aromatic N) is 5. The second-order valence-electron chi connectivity index (χ2n) is 4.78. The molecule has 1 aliphatic rings. The number of rotatable bonds is 6. The molecule has 10 nitrogen and oxygen atoms in total. The number of nitrogen functional groups attached to an aromatic ring is 1. The van der Waals surface area contributed by atoms with Crippen LogP contribution in [0.1, 0.15) is 12.8 Å². The number of hydrogen-bond donors (Lipinski definition) is 3. The van der Waals surface area contributed by atoms with Crippen molar-refractivity contribution in [2.75, 3.05) is 41.7 Å². The fourth-order valence-corrected chi connectivity index (χ4v) is 2.14. The van der Waals surface area contributed by atoms with E-state index in [2.05, 4.69) is 15.0 Å². The van der Waals surface area contributed by atoms with Crippen LogP contribution in [0.4, 0.5) is 17.8 Å². The summed E-state index contributed by atoms with van der Waals surface area (Å²) in [5, 5.41) is 0. The Bertz CT molecular complexity index is 527. The number of nitrogens with two attached hydrogens (primary N) is 3. The summed E-state index contributed by atoms with van der Waals surface area (Å²) in [7, 11) is 0. The summed E-state index contributed by atoms with van der Waals surface area (Å²) in [6.45, 7) is 1.20. The van der Waals surface area contributed by atoms with Gasteiger partial charge in [0.1, 0.15) is 13.1 Å². The molecule has 0 spiro atoms. The summed E-state index contributed by atoms with van der Waals surface area (Å²) < 4.78 is 0. The van der Waals surface area contributed by atoms with Gasteiger partial charge >= 0.3 is 0 Å². The van der Waals surface area contributed by atoms with Crippen LogP contribution in [0.3, 0.4) is 0 Å². The SMILES string of the molecule is NC(=O)CN(CC(N)=O)c1nc(N)nc(N2CCCC2)n1. The standard InChI is InChI=1S/C11H18N8O2/c12-7(20)5-19(6-8(13)21)11-16-9(14)15-10(17-11)18-3-1-2-4-18/h1-6H2,(H2,12,20)(H2,13,21)(H2,14,15,16,17). The van der Waals surface area contributed by atoms with Crippen molar-refractivity contribution >= 4 is 29.7 Å². The average Bonchev–Trinajstić information content (AvgIpc) is 2.90. The third-order valence-corrected chi connectivity index (χ3v) is 2.99. The fraction of sp³-hybridized carbons (Fsp3) is 0.545. The number of hydrogen-bond acceptors (Lipinski definition) is 8. The molecule has 0 atom stereocenters. The minimum Gasteiger partial charge on any atom is -0.368 e. The molecule has 0 bridgehead atoms. The second-order valence-corrected chi connectivity index (χ2v) is 4.78. The van der Waals surface area contributed by atoms with Crippen LogP contribution in [0.2, 0.25) is 0 Å². The molecule has 2 amide bonds. The van der Waals surface area contributed by atoms with Gasteiger partial charge in [0.15, 0.2) is 0 Å². The van der Waals surface area contributed by atoms with E-state index in [-0.39, 0.29) is 25.0 Å². The van der Waals surface area contributed by atoms with E-state index in [1.165, 1.54) is 4.90 Å². The molecule has 6 N–H and O–H groups in total. The van der Waals surface area contributed by atoms with Crippen LogP contribution in [0, 0.1) is 0 Å². The molecule has 2 heterocycles. The predicted molar refractivity (Wildman–Crippen MR) is 76.3 cm³/mol. The Hall–Kier alpha value is -2.65. The third-order valence-electron chi connectivity index (χ3n) is 2.99. The van der Waals surface area contributed by atoms with Crippen molar-refractivity contribution in [3.8, 4) is 0 Å². The summed E-state index contributed by atoms with van der Waals surface area (Å²) in [4.78, 5) is 37.7. The minimum atomic E-state index is -0.627. The van der Waals surface area contributed by atoms with Gasteiger partial charge in [-0.3, -0.25) is 9.59 Å². The summed E-state index contributed by atoms with van der Waals surface area (Å²) in [6.07, 6.45) is 2.10. The van der Waals surface area contributed by atoms with Crippen molar-refractivity contribution in [3.05, 3.63) is 0 Å². The lowest BCUT2D eigenvalue weighted by atomic mass is 10.4. The third kappa shape index (κ3) is 3.91. The van der Waals surface area contributed by atoms with Crippen LogP contribution in [0.5, 0.6) is 0 Å². The first kappa shape index (κ1) is 14.8. The lowest BCUT2D eigenvalue weighted by Gasteiger charge is -2.22. The Balaban J connectivity index is 2.29. The van der Waals surface area contributed by atoms with Crippen LogP contribution in [-0.4, -0.2) is 52.9 Å². The van der Waals surface area contributed by atoms with E-state index in [1.807, 2.05) is 4.90 Å². The van der Waals surface area contributed by atoms with Crippen LogP contribution in [0.15, 0.2) is 0 Å². The number of aromatic nitrogens is 3. The normalized spacial score (nSPS) is 14.2. The zero-order chi connectivity index (χ0) is 15.4. The summed E-state index contributed by atoms with van der Waals surface area (Å²) in [5.41, 5.74) is 16.0. The zero-order valence-corrected chi connectivity index (χ0v) is 11.5. The highest BCUT2D eigenvalue weighted by Crippen LogP contribution is 2.19. The number of anilines is 3. The van der Waals surface area contributed by atoms with Gasteiger partial charge < -0.3 is 27.0 Å². The van der Waals surface area contributed by atoms with Crippen molar-refractivity contribution in [2.45, 2.75) is 12.8 Å². The molecule has 0 saturated carbocycles. The van der Waals surface area contributed by atoms with Crippen LogP contribution in [-0.2, 0) is 9.59 Å². The van der Waals surface area contributed by atoms with Crippen molar-refractivity contribution in [1.82, 2.24) is 15.0 Å². The van der Waals surface area contributed by atoms with Gasteiger partial charge in [0.2, 0.25) is 29.7 Å². The fourth-order valence-electron chi connectivity index (χ4n) is 2.14. The first-order valence-electron chi connectivity index (χ1n) is 6.54. The smallest absolute Gasteiger partial charge is 0.237 e. The van der Waals surface area contributed by atoms with Crippen molar-refractivity contribution < 1.29 is 9.59 Å². The molecule has 114 valence electrons. The predicted octanol–water partition coefficient (Wildman–Crippen LogP) is -2.17. The number of primary amides is 2. The zero-order valence-electron chi connectivity index (χ0n) is 11.5. The largest absolute Gasteiger partial charge is 0.368 e. The molecule has 10 heteroatoms. The topological polar surface area (TPSA) is 157 Å². The number of amides is 2. The molecule has 21 heavy (non-hydrogen) atoms. The van der Waals surface area contributed by atoms with E-state index in [0.29, 0.717) is 5.95 Å². The quantitative estimate of drug-likeness (QED) is 0.534. The van der Waals surface area contributed by atoms with E-state index < -0.39 is 11.8 Å². The highest BCUT2D eigenvalue weighted by atomic mass is 16.2. The molecular formula is C11H18N8O2.